The van der Waals surface area contributed by atoms with Gasteiger partial charge in [0.2, 0.25) is 0 Å². The molecule has 0 saturated heterocycles. The Kier molecular flexibility index (Phi) is 16.8. The van der Waals surface area contributed by atoms with Crippen molar-refractivity contribution in [3.63, 3.8) is 0 Å². The number of fused-ring (bicyclic) bond motifs is 18. The summed E-state index contributed by atoms with van der Waals surface area (Å²) in [5, 5.41) is 25.1. The molecule has 0 aliphatic heterocycles. The van der Waals surface area contributed by atoms with E-state index in [9.17, 15) is 14.4 Å². The molecule has 12 heteroatoms. The maximum absolute atomic E-state index is 14.3. The summed E-state index contributed by atoms with van der Waals surface area (Å²) < 4.78 is 8.36. The highest BCUT2D eigenvalue weighted by molar-refractivity contribution is 9.11. The third kappa shape index (κ3) is 11.6. The molecule has 0 atom stereocenters. The van der Waals surface area contributed by atoms with Gasteiger partial charge in [0.1, 0.15) is 16.9 Å². The third-order valence-corrected chi connectivity index (χ3v) is 27.8. The Morgan fingerprint density at radius 1 is 0.198 bits per heavy atom. The molecular formula is C114H63Br3N6O3. The highest BCUT2D eigenvalue weighted by Gasteiger charge is 2.26. The number of nitrogens with zero attached hydrogens (tertiary/aromatic N) is 6. The van der Waals surface area contributed by atoms with Crippen molar-refractivity contribution in [2.24, 2.45) is 0 Å². The molecule has 6 aromatic heterocycles. The summed E-state index contributed by atoms with van der Waals surface area (Å²) in [6.07, 6.45) is 0. The lowest BCUT2D eigenvalue weighted by molar-refractivity contribution is 1.19. The van der Waals surface area contributed by atoms with Crippen LogP contribution in [0.1, 0.15) is 0 Å². The Balaban J connectivity index is 0.000000103. The first-order valence-electron chi connectivity index (χ1n) is 41.9. The molecule has 0 unspecified atom stereocenters. The highest BCUT2D eigenvalue weighted by Crippen LogP contribution is 2.45. The third-order valence-electron chi connectivity index (χ3n) is 25.7. The molecule has 0 N–H and O–H groups in total. The van der Waals surface area contributed by atoms with Gasteiger partial charge in [-0.05, 0) is 252 Å². The van der Waals surface area contributed by atoms with Gasteiger partial charge >= 0.3 is 0 Å². The first-order chi connectivity index (χ1) is 61.9. The maximum Gasteiger partial charge on any atom is 0.264 e. The van der Waals surface area contributed by atoms with Crippen LogP contribution in [0.2, 0.25) is 0 Å². The lowest BCUT2D eigenvalue weighted by Gasteiger charge is -2.12. The minimum atomic E-state index is -0.0520. The summed E-state index contributed by atoms with van der Waals surface area (Å²) in [5.74, 6) is 0. The Morgan fingerprint density at radius 3 is 0.841 bits per heavy atom. The van der Waals surface area contributed by atoms with E-state index >= 15 is 0 Å². The van der Waals surface area contributed by atoms with Gasteiger partial charge in [-0.3, -0.25) is 27.6 Å². The van der Waals surface area contributed by atoms with Crippen LogP contribution < -0.4 is 16.7 Å². The number of hydrogen-bond donors (Lipinski definition) is 0. The molecule has 27 rings (SSSR count). The van der Waals surface area contributed by atoms with Crippen LogP contribution in [0.4, 0.5) is 0 Å². The molecule has 9 nitrogen and oxygen atoms in total. The minimum Gasteiger partial charge on any atom is -0.268 e. The van der Waals surface area contributed by atoms with Crippen molar-refractivity contribution < 1.29 is 0 Å². The van der Waals surface area contributed by atoms with Crippen LogP contribution in [-0.4, -0.2) is 28.2 Å². The topological polar surface area (TPSA) is 103 Å². The van der Waals surface area contributed by atoms with Gasteiger partial charge < -0.3 is 0 Å². The van der Waals surface area contributed by atoms with Gasteiger partial charge in [0, 0.05) is 78.6 Å². The van der Waals surface area contributed by atoms with Crippen molar-refractivity contribution in [3.8, 4) is 66.8 Å². The zero-order valence-corrected chi connectivity index (χ0v) is 71.7. The summed E-state index contributed by atoms with van der Waals surface area (Å²) in [4.78, 5) is 58.4. The Hall–Kier alpha value is -15.2. The normalized spacial score (nSPS) is 12.0. The molecule has 0 amide bonds. The fourth-order valence-electron chi connectivity index (χ4n) is 19.6. The predicted molar refractivity (Wildman–Crippen MR) is 536 cm³/mol. The van der Waals surface area contributed by atoms with Crippen LogP contribution in [0.25, 0.3) is 246 Å². The number of hydrogen-bond acceptors (Lipinski definition) is 6. The molecule has 0 aliphatic carbocycles. The summed E-state index contributed by atoms with van der Waals surface area (Å²) >= 11 is 11.1. The van der Waals surface area contributed by atoms with Gasteiger partial charge in [-0.1, -0.05) is 309 Å². The standard InChI is InChI=1S/3C38H21BrN2O/c39-33-17-16-30-35-29(33)10-5-11-31(35)38(42)41-34-21-28(26-14-12-22-6-1-3-8-24(22)18-26)20-32(36(34)40-37(30)41)27-15-13-23-7-2-4-9-25(23)19-27;39-33-17-16-30-35-29(33)10-5-11-31(35)38(42)41-36-32(27-15-13-23-7-2-4-9-25(23)19-27)20-28(21-34(36)40-37(30)41)26-14-12-22-6-1-3-8-24(22)18-26;39-33-17-16-31-35-29(33)10-5-11-30(35)37-40-36-32(27-15-13-23-7-2-4-9-25(23)19-27)20-28(21-34(36)41(37)38(31)42)26-14-12-22-6-1-3-8-24(22)18-26/h3*1-21H. The predicted octanol–water partition coefficient (Wildman–Crippen LogP) is 30.0. The van der Waals surface area contributed by atoms with Crippen LogP contribution in [0, 0.1) is 0 Å². The van der Waals surface area contributed by atoms with Gasteiger partial charge in [0.05, 0.1) is 33.1 Å². The van der Waals surface area contributed by atoms with Crippen LogP contribution in [0.3, 0.4) is 0 Å². The smallest absolute Gasteiger partial charge is 0.264 e. The molecule has 126 heavy (non-hydrogen) atoms. The lowest BCUT2D eigenvalue weighted by Crippen LogP contribution is -2.13. The number of rotatable bonds is 6. The first kappa shape index (κ1) is 73.5. The number of aromatic nitrogens is 6. The average molecular weight is 1800 g/mol. The second-order valence-corrected chi connectivity index (χ2v) is 35.3. The molecule has 588 valence electrons. The van der Waals surface area contributed by atoms with E-state index in [1.165, 1.54) is 59.2 Å². The Labute approximate surface area is 742 Å². The summed E-state index contributed by atoms with van der Waals surface area (Å²) in [6, 6.07) is 133. The summed E-state index contributed by atoms with van der Waals surface area (Å²) in [6.45, 7) is 0. The van der Waals surface area contributed by atoms with Gasteiger partial charge in [0.25, 0.3) is 16.7 Å². The van der Waals surface area contributed by atoms with Gasteiger partial charge in [-0.2, -0.15) is 0 Å². The second-order valence-electron chi connectivity index (χ2n) is 32.7. The van der Waals surface area contributed by atoms with Gasteiger partial charge in [-0.25, -0.2) is 15.0 Å². The van der Waals surface area contributed by atoms with E-state index in [0.29, 0.717) is 33.1 Å². The van der Waals surface area contributed by atoms with E-state index in [2.05, 4.69) is 375 Å². The molecule has 0 bridgehead atoms. The van der Waals surface area contributed by atoms with E-state index < -0.39 is 0 Å². The monoisotopic (exact) mass is 1800 g/mol. The second kappa shape index (κ2) is 28.7. The zero-order chi connectivity index (χ0) is 83.8. The van der Waals surface area contributed by atoms with E-state index in [1.54, 1.807) is 0 Å². The van der Waals surface area contributed by atoms with Crippen molar-refractivity contribution in [3.05, 3.63) is 427 Å². The summed E-state index contributed by atoms with van der Waals surface area (Å²) in [7, 11) is 0. The maximum atomic E-state index is 14.3. The largest absolute Gasteiger partial charge is 0.268 e. The number of pyridine rings is 3. The molecule has 0 saturated carbocycles. The van der Waals surface area contributed by atoms with E-state index in [1.807, 2.05) is 67.8 Å². The number of benzene rings is 21. The van der Waals surface area contributed by atoms with Crippen LogP contribution >= 0.6 is 47.8 Å². The van der Waals surface area contributed by atoms with Crippen molar-refractivity contribution in [1.82, 2.24) is 28.2 Å². The molecule has 0 spiro atoms. The fourth-order valence-corrected chi connectivity index (χ4v) is 21.0. The molecule has 21 aromatic carbocycles. The molecular weight excluding hydrogens is 1740 g/mol. The Bertz CT molecular complexity index is 9210. The van der Waals surface area contributed by atoms with Crippen LogP contribution in [0.15, 0.2) is 410 Å². The van der Waals surface area contributed by atoms with E-state index in [-0.39, 0.29) is 16.7 Å². The Morgan fingerprint density at radius 2 is 0.468 bits per heavy atom. The highest BCUT2D eigenvalue weighted by atomic mass is 79.9. The zero-order valence-electron chi connectivity index (χ0n) is 66.9. The quantitative estimate of drug-likeness (QED) is 0.164. The summed E-state index contributed by atoms with van der Waals surface area (Å²) in [5.41, 5.74) is 19.5. The number of imidazole rings is 3. The first-order valence-corrected chi connectivity index (χ1v) is 44.2. The average Bonchev–Trinajstić information content (AvgIpc) is 1.62. The molecule has 0 fully saturated rings. The van der Waals surface area contributed by atoms with Crippen molar-refractivity contribution in [2.75, 3.05) is 0 Å². The van der Waals surface area contributed by atoms with Crippen LogP contribution in [-0.2, 0) is 0 Å². The van der Waals surface area contributed by atoms with E-state index in [0.717, 1.165) is 167 Å². The number of halogens is 3. The van der Waals surface area contributed by atoms with Crippen molar-refractivity contribution >= 4 is 227 Å². The molecule has 0 aliphatic rings. The molecule has 0 radical (unpaired) electrons. The molecule has 6 heterocycles. The SMILES string of the molecule is O=c1c2ccc(Br)c3cccc(c32)c2nc3c(-c4ccc5ccccc5c4)cc(-c4ccc5ccccc5c4)cc3n12.O=c1c2cccc3c(Br)ccc(c32)c2nc3c(-c4ccc5ccccc5c4)cc(-c4ccc5ccccc5c4)cc3n12.O=c1c2cccc3c(Br)ccc(c32)c2nc3cc(-c4ccc5ccccc5c4)cc(-c4ccc5ccccc5c4)c3n12. The van der Waals surface area contributed by atoms with Crippen molar-refractivity contribution in [1.29, 1.82) is 0 Å². The van der Waals surface area contributed by atoms with E-state index in [4.69, 9.17) is 15.0 Å². The van der Waals surface area contributed by atoms with Gasteiger partial charge in [-0.15, -0.1) is 0 Å². The van der Waals surface area contributed by atoms with Gasteiger partial charge in [0.15, 0.2) is 0 Å². The minimum absolute atomic E-state index is 0.0517. The fraction of sp³-hybridized carbons (Fsp3) is 0. The van der Waals surface area contributed by atoms with Crippen molar-refractivity contribution in [2.45, 2.75) is 0 Å². The molecule has 27 aromatic rings. The van der Waals surface area contributed by atoms with Crippen LogP contribution in [0.5, 0.6) is 0 Å². The lowest BCUT2D eigenvalue weighted by atomic mass is 9.94.